The number of carbonyl (C=O) groups is 2. The number of aryl methyl sites for hydroxylation is 2. The second kappa shape index (κ2) is 12.2. The maximum atomic E-state index is 13.7. The molecule has 0 bridgehead atoms. The third kappa shape index (κ3) is 6.87. The van der Waals surface area contributed by atoms with Crippen LogP contribution in [0, 0.1) is 6.92 Å². The average Bonchev–Trinajstić information content (AvgIpc) is 3.69. The maximum absolute atomic E-state index is 13.7. The Morgan fingerprint density at radius 3 is 2.39 bits per heavy atom. The minimum absolute atomic E-state index is 0.0458. The molecule has 0 radical (unpaired) electrons. The van der Waals surface area contributed by atoms with Crippen molar-refractivity contribution in [3.63, 3.8) is 0 Å². The molecule has 0 heterocycles. The van der Waals surface area contributed by atoms with Gasteiger partial charge in [0.05, 0.1) is 0 Å². The standard InChI is InChI=1S/C30H37N3O3/c1-6-8-22(7-2)20-31-30(36)29(24-12-17-27(32(4)5)21(3)19-24)33(25-13-14-25)28(35)18-11-23-9-15-26(34)16-10-23/h6-10,12,15-17,19,25,29,34H,1-2,11,13-14,18,20H2,3-5H3,(H,31,36)/b22-8+. The molecule has 2 aromatic carbocycles. The van der Waals surface area contributed by atoms with Crippen LogP contribution >= 0.6 is 0 Å². The number of phenols is 1. The van der Waals surface area contributed by atoms with Crippen molar-refractivity contribution in [2.75, 3.05) is 25.5 Å². The van der Waals surface area contributed by atoms with Gasteiger partial charge < -0.3 is 20.2 Å². The molecule has 2 N–H and O–H groups in total. The number of allylic oxidation sites excluding steroid dienone is 2. The van der Waals surface area contributed by atoms with Gasteiger partial charge in [0.1, 0.15) is 11.8 Å². The van der Waals surface area contributed by atoms with Gasteiger partial charge in [0.25, 0.3) is 0 Å². The summed E-state index contributed by atoms with van der Waals surface area (Å²) in [5, 5.41) is 12.6. The van der Waals surface area contributed by atoms with Crippen LogP contribution in [0.5, 0.6) is 5.75 Å². The zero-order valence-corrected chi connectivity index (χ0v) is 21.5. The first-order valence-electron chi connectivity index (χ1n) is 12.3. The van der Waals surface area contributed by atoms with E-state index >= 15 is 0 Å². The van der Waals surface area contributed by atoms with Gasteiger partial charge in [0.2, 0.25) is 11.8 Å². The zero-order chi connectivity index (χ0) is 26.2. The lowest BCUT2D eigenvalue weighted by Gasteiger charge is -2.32. The normalized spacial score (nSPS) is 14.0. The van der Waals surface area contributed by atoms with Gasteiger partial charge in [-0.3, -0.25) is 9.59 Å². The Labute approximate surface area is 214 Å². The average molecular weight is 488 g/mol. The summed E-state index contributed by atoms with van der Waals surface area (Å²) in [6, 6.07) is 12.2. The predicted molar refractivity (Wildman–Crippen MR) is 146 cm³/mol. The van der Waals surface area contributed by atoms with Crippen LogP contribution in [0.1, 0.15) is 42.0 Å². The SMILES string of the molecule is C=C/C=C(\C=C)CNC(=O)C(c1ccc(N(C)C)c(C)c1)N(C(=O)CCc1ccc(O)cc1)C1CC1. The van der Waals surface area contributed by atoms with E-state index in [1.54, 1.807) is 35.3 Å². The zero-order valence-electron chi connectivity index (χ0n) is 21.5. The number of rotatable bonds is 12. The highest BCUT2D eigenvalue weighted by Gasteiger charge is 2.41. The molecule has 1 aliphatic rings. The highest BCUT2D eigenvalue weighted by Crippen LogP contribution is 2.37. The molecule has 190 valence electrons. The van der Waals surface area contributed by atoms with E-state index in [1.807, 2.05) is 56.3 Å². The number of hydrogen-bond acceptors (Lipinski definition) is 4. The minimum Gasteiger partial charge on any atom is -0.508 e. The molecule has 6 nitrogen and oxygen atoms in total. The molecule has 2 aromatic rings. The van der Waals surface area contributed by atoms with Crippen LogP contribution in [-0.2, 0) is 16.0 Å². The van der Waals surface area contributed by atoms with Crippen LogP contribution in [0.15, 0.2) is 79.4 Å². The van der Waals surface area contributed by atoms with Crippen molar-refractivity contribution in [2.45, 2.75) is 44.7 Å². The first-order valence-corrected chi connectivity index (χ1v) is 12.3. The van der Waals surface area contributed by atoms with E-state index in [9.17, 15) is 14.7 Å². The molecular weight excluding hydrogens is 450 g/mol. The maximum Gasteiger partial charge on any atom is 0.247 e. The summed E-state index contributed by atoms with van der Waals surface area (Å²) in [4.78, 5) is 31.1. The summed E-state index contributed by atoms with van der Waals surface area (Å²) < 4.78 is 0. The van der Waals surface area contributed by atoms with Crippen molar-refractivity contribution in [1.29, 1.82) is 0 Å². The third-order valence-corrected chi connectivity index (χ3v) is 6.40. The van der Waals surface area contributed by atoms with E-state index in [2.05, 4.69) is 18.5 Å². The largest absolute Gasteiger partial charge is 0.508 e. The molecule has 0 aliphatic heterocycles. The highest BCUT2D eigenvalue weighted by molar-refractivity contribution is 5.89. The van der Waals surface area contributed by atoms with Gasteiger partial charge in [0.15, 0.2) is 0 Å². The second-order valence-corrected chi connectivity index (χ2v) is 9.44. The molecule has 0 spiro atoms. The molecule has 1 atom stereocenters. The van der Waals surface area contributed by atoms with Crippen LogP contribution in [0.25, 0.3) is 0 Å². The molecule has 0 aromatic heterocycles. The fourth-order valence-corrected chi connectivity index (χ4v) is 4.38. The summed E-state index contributed by atoms with van der Waals surface area (Å²) in [7, 11) is 3.97. The fraction of sp³-hybridized carbons (Fsp3) is 0.333. The van der Waals surface area contributed by atoms with Gasteiger partial charge in [-0.15, -0.1) is 0 Å². The van der Waals surface area contributed by atoms with E-state index in [-0.39, 0.29) is 30.0 Å². The van der Waals surface area contributed by atoms with Gasteiger partial charge in [-0.2, -0.15) is 0 Å². The molecular formula is C30H37N3O3. The van der Waals surface area contributed by atoms with Crippen molar-refractivity contribution in [3.8, 4) is 5.75 Å². The predicted octanol–water partition coefficient (Wildman–Crippen LogP) is 4.85. The lowest BCUT2D eigenvalue weighted by atomic mass is 9.99. The van der Waals surface area contributed by atoms with E-state index in [4.69, 9.17) is 0 Å². The number of carbonyl (C=O) groups excluding carboxylic acids is 2. The third-order valence-electron chi connectivity index (χ3n) is 6.40. The Kier molecular flexibility index (Phi) is 9.12. The molecule has 1 unspecified atom stereocenters. The number of nitrogens with one attached hydrogen (secondary N) is 1. The first-order chi connectivity index (χ1) is 17.2. The second-order valence-electron chi connectivity index (χ2n) is 9.44. The smallest absolute Gasteiger partial charge is 0.247 e. The van der Waals surface area contributed by atoms with Gasteiger partial charge >= 0.3 is 0 Å². The number of anilines is 1. The molecule has 1 aliphatic carbocycles. The number of hydrogen-bond donors (Lipinski definition) is 2. The van der Waals surface area contributed by atoms with Crippen molar-refractivity contribution in [1.82, 2.24) is 10.2 Å². The quantitative estimate of drug-likeness (QED) is 0.420. The van der Waals surface area contributed by atoms with Crippen LogP contribution in [0.4, 0.5) is 5.69 Å². The molecule has 3 rings (SSSR count). The van der Waals surface area contributed by atoms with E-state index in [0.717, 1.165) is 40.8 Å². The summed E-state index contributed by atoms with van der Waals surface area (Å²) in [6.45, 7) is 9.85. The highest BCUT2D eigenvalue weighted by atomic mass is 16.3. The Bertz CT molecular complexity index is 1130. The van der Waals surface area contributed by atoms with Crippen molar-refractivity contribution >= 4 is 17.5 Å². The lowest BCUT2D eigenvalue weighted by Crippen LogP contribution is -2.45. The molecule has 6 heteroatoms. The van der Waals surface area contributed by atoms with E-state index < -0.39 is 6.04 Å². The number of benzene rings is 2. The summed E-state index contributed by atoms with van der Waals surface area (Å²) in [6.07, 6.45) is 7.75. The summed E-state index contributed by atoms with van der Waals surface area (Å²) in [5.41, 5.74) is 4.72. The van der Waals surface area contributed by atoms with Crippen LogP contribution < -0.4 is 10.2 Å². The van der Waals surface area contributed by atoms with Crippen molar-refractivity contribution in [3.05, 3.63) is 96.1 Å². The number of amides is 2. The van der Waals surface area contributed by atoms with Crippen LogP contribution in [0.2, 0.25) is 0 Å². The van der Waals surface area contributed by atoms with E-state index in [0.29, 0.717) is 13.0 Å². The Morgan fingerprint density at radius 2 is 1.83 bits per heavy atom. The van der Waals surface area contributed by atoms with Crippen LogP contribution in [0.3, 0.4) is 0 Å². The van der Waals surface area contributed by atoms with Crippen LogP contribution in [-0.4, -0.2) is 48.5 Å². The van der Waals surface area contributed by atoms with E-state index in [1.165, 1.54) is 0 Å². The first kappa shape index (κ1) is 26.8. The summed E-state index contributed by atoms with van der Waals surface area (Å²) in [5.74, 6) is -0.0679. The molecule has 1 fully saturated rings. The summed E-state index contributed by atoms with van der Waals surface area (Å²) >= 11 is 0. The Morgan fingerprint density at radius 1 is 1.14 bits per heavy atom. The molecule has 1 saturated carbocycles. The van der Waals surface area contributed by atoms with Crippen molar-refractivity contribution < 1.29 is 14.7 Å². The minimum atomic E-state index is -0.727. The number of phenolic OH excluding ortho intramolecular Hbond substituents is 1. The Balaban J connectivity index is 1.90. The number of nitrogens with zero attached hydrogens (tertiary/aromatic N) is 2. The van der Waals surface area contributed by atoms with Gasteiger partial charge in [-0.25, -0.2) is 0 Å². The Hall–Kier alpha value is -3.80. The van der Waals surface area contributed by atoms with Gasteiger partial charge in [-0.1, -0.05) is 55.7 Å². The molecule has 0 saturated heterocycles. The fourth-order valence-electron chi connectivity index (χ4n) is 4.38. The van der Waals surface area contributed by atoms with Gasteiger partial charge in [0, 0.05) is 38.8 Å². The van der Waals surface area contributed by atoms with Gasteiger partial charge in [-0.05, 0) is 66.6 Å². The molecule has 2 amide bonds. The molecule has 36 heavy (non-hydrogen) atoms. The topological polar surface area (TPSA) is 72.9 Å². The lowest BCUT2D eigenvalue weighted by molar-refractivity contribution is -0.141. The monoisotopic (exact) mass is 487 g/mol. The van der Waals surface area contributed by atoms with Crippen molar-refractivity contribution in [2.24, 2.45) is 0 Å². The number of aromatic hydroxyl groups is 1.